The number of ether oxygens (including phenoxy) is 1. The fourth-order valence-corrected chi connectivity index (χ4v) is 4.13. The van der Waals surface area contributed by atoms with Gasteiger partial charge in [-0.1, -0.05) is 48.5 Å². The molecule has 0 unspecified atom stereocenters. The van der Waals surface area contributed by atoms with Crippen molar-refractivity contribution in [2.45, 2.75) is 19.4 Å². The maximum Gasteiger partial charge on any atom is 0.232 e. The lowest BCUT2D eigenvalue weighted by molar-refractivity contribution is 0.208. The number of H-pyrrole nitrogens is 1. The quantitative estimate of drug-likeness (QED) is 0.364. The van der Waals surface area contributed by atoms with E-state index in [1.807, 2.05) is 30.3 Å². The average molecular weight is 477 g/mol. The molecule has 4 N–H and O–H groups in total. The normalized spacial score (nSPS) is 13.9. The summed E-state index contributed by atoms with van der Waals surface area (Å²) in [5.41, 5.74) is 12.5. The fraction of sp³-hybridized carbons (Fsp3) is 0.269. The summed E-state index contributed by atoms with van der Waals surface area (Å²) in [4.78, 5) is 9.66. The molecular weight excluding hydrogens is 448 g/mol. The third kappa shape index (κ3) is 5.44. The molecule has 0 radical (unpaired) electrons. The summed E-state index contributed by atoms with van der Waals surface area (Å²) >= 11 is 0. The second kappa shape index (κ2) is 11.2. The minimum Gasteiger partial charge on any atom is -0.476 e. The first-order chi connectivity index (χ1) is 16.3. The third-order valence-electron chi connectivity index (χ3n) is 6.11. The van der Waals surface area contributed by atoms with E-state index in [0.717, 1.165) is 65.3 Å². The minimum atomic E-state index is 0. The minimum absolute atomic E-state index is 0. The molecule has 0 atom stereocenters. The van der Waals surface area contributed by atoms with Crippen molar-refractivity contribution in [3.8, 4) is 39.7 Å². The van der Waals surface area contributed by atoms with Crippen LogP contribution < -0.4 is 15.8 Å². The number of halogens is 1. The number of piperidine rings is 1. The zero-order valence-corrected chi connectivity index (χ0v) is 19.7. The van der Waals surface area contributed by atoms with Gasteiger partial charge in [0.1, 0.15) is 5.69 Å². The van der Waals surface area contributed by atoms with Crippen molar-refractivity contribution in [1.82, 2.24) is 25.5 Å². The highest BCUT2D eigenvalue weighted by Gasteiger charge is 2.17. The summed E-state index contributed by atoms with van der Waals surface area (Å²) in [6, 6.07) is 18.4. The first-order valence-corrected chi connectivity index (χ1v) is 11.4. The molecule has 0 amide bonds. The number of hydrogen-bond acceptors (Lipinski definition) is 6. The van der Waals surface area contributed by atoms with Crippen LogP contribution in [0.15, 0.2) is 67.0 Å². The van der Waals surface area contributed by atoms with Crippen molar-refractivity contribution >= 4 is 12.4 Å². The van der Waals surface area contributed by atoms with Gasteiger partial charge < -0.3 is 15.8 Å². The third-order valence-corrected chi connectivity index (χ3v) is 6.11. The van der Waals surface area contributed by atoms with Gasteiger partial charge in [0.2, 0.25) is 5.88 Å². The van der Waals surface area contributed by atoms with Crippen molar-refractivity contribution in [3.05, 3.63) is 72.6 Å². The number of nitrogens with two attached hydrogens (primary N) is 1. The molecule has 0 spiro atoms. The van der Waals surface area contributed by atoms with Gasteiger partial charge in [-0.15, -0.1) is 12.4 Å². The summed E-state index contributed by atoms with van der Waals surface area (Å²) in [5, 5.41) is 10.4. The Morgan fingerprint density at radius 2 is 1.56 bits per heavy atom. The van der Waals surface area contributed by atoms with Gasteiger partial charge in [0, 0.05) is 23.9 Å². The number of aromatic nitrogens is 4. The van der Waals surface area contributed by atoms with Crippen LogP contribution >= 0.6 is 12.4 Å². The van der Waals surface area contributed by atoms with Crippen LogP contribution in [0.3, 0.4) is 0 Å². The van der Waals surface area contributed by atoms with Crippen molar-refractivity contribution in [2.75, 3.05) is 19.7 Å². The Kier molecular flexibility index (Phi) is 7.90. The zero-order valence-electron chi connectivity index (χ0n) is 18.9. The molecule has 176 valence electrons. The molecule has 4 aromatic rings. The van der Waals surface area contributed by atoms with Gasteiger partial charge in [0.15, 0.2) is 0 Å². The number of benzene rings is 2. The smallest absolute Gasteiger partial charge is 0.232 e. The van der Waals surface area contributed by atoms with Crippen LogP contribution in [0.4, 0.5) is 0 Å². The Morgan fingerprint density at radius 1 is 0.882 bits per heavy atom. The van der Waals surface area contributed by atoms with Crippen molar-refractivity contribution in [1.29, 1.82) is 0 Å². The highest BCUT2D eigenvalue weighted by Crippen LogP contribution is 2.32. The molecule has 2 aromatic carbocycles. The molecule has 0 saturated carbocycles. The van der Waals surface area contributed by atoms with Crippen LogP contribution in [0.1, 0.15) is 18.4 Å². The molecule has 1 aliphatic heterocycles. The number of aromatic amines is 1. The van der Waals surface area contributed by atoms with Gasteiger partial charge >= 0.3 is 0 Å². The van der Waals surface area contributed by atoms with Crippen LogP contribution in [0.25, 0.3) is 33.8 Å². The van der Waals surface area contributed by atoms with E-state index < -0.39 is 0 Å². The van der Waals surface area contributed by atoms with Gasteiger partial charge in [0.25, 0.3) is 0 Å². The van der Waals surface area contributed by atoms with Crippen molar-refractivity contribution in [2.24, 2.45) is 11.7 Å². The maximum absolute atomic E-state index is 6.09. The van der Waals surface area contributed by atoms with Crippen LogP contribution in [-0.2, 0) is 6.54 Å². The lowest BCUT2D eigenvalue weighted by Crippen LogP contribution is -2.30. The second-order valence-electron chi connectivity index (χ2n) is 8.36. The lowest BCUT2D eigenvalue weighted by atomic mass is 9.99. The standard InChI is InChI=1S/C26H28N6O.ClH/c27-15-18-1-3-21(4-2-18)25-26(22-7-5-20(6-8-22)23-11-14-30-32-23)31-24(16-29-25)33-17-19-9-12-28-13-10-19;/h1-8,11,14,16,19,28H,9-10,12-13,15,17,27H2,(H,30,32);1H. The Labute approximate surface area is 205 Å². The Hall–Kier alpha value is -3.26. The molecule has 2 aromatic heterocycles. The SMILES string of the molecule is Cl.NCc1ccc(-c2ncc(OCC3CCNCC3)nc2-c2ccc(-c3ccn[nH]3)cc2)cc1. The number of nitrogens with zero attached hydrogens (tertiary/aromatic N) is 3. The molecule has 1 aliphatic rings. The van der Waals surface area contributed by atoms with Gasteiger partial charge in [-0.25, -0.2) is 9.97 Å². The molecular formula is C26H29ClN6O. The van der Waals surface area contributed by atoms with Crippen LogP contribution in [0.5, 0.6) is 5.88 Å². The molecule has 8 heteroatoms. The van der Waals surface area contributed by atoms with E-state index in [-0.39, 0.29) is 12.4 Å². The highest BCUT2D eigenvalue weighted by molar-refractivity contribution is 5.85. The molecule has 1 fully saturated rings. The molecule has 3 heterocycles. The molecule has 0 aliphatic carbocycles. The van der Waals surface area contributed by atoms with E-state index in [1.165, 1.54) is 0 Å². The Bertz CT molecular complexity index is 1170. The molecule has 0 bridgehead atoms. The van der Waals surface area contributed by atoms with Crippen molar-refractivity contribution in [3.63, 3.8) is 0 Å². The predicted molar refractivity (Wildman–Crippen MR) is 137 cm³/mol. The largest absolute Gasteiger partial charge is 0.476 e. The van der Waals surface area contributed by atoms with E-state index >= 15 is 0 Å². The Balaban J connectivity index is 0.00000274. The van der Waals surface area contributed by atoms with Crippen LogP contribution in [0.2, 0.25) is 0 Å². The highest BCUT2D eigenvalue weighted by atomic mass is 35.5. The molecule has 7 nitrogen and oxygen atoms in total. The molecule has 5 rings (SSSR count). The first kappa shape index (κ1) is 23.9. The zero-order chi connectivity index (χ0) is 22.5. The van der Waals surface area contributed by atoms with Gasteiger partial charge in [0.05, 0.1) is 24.2 Å². The summed E-state index contributed by atoms with van der Waals surface area (Å²) in [7, 11) is 0. The lowest BCUT2D eigenvalue weighted by Gasteiger charge is -2.22. The van der Waals surface area contributed by atoms with Gasteiger partial charge in [-0.2, -0.15) is 5.10 Å². The summed E-state index contributed by atoms with van der Waals surface area (Å²) in [6.45, 7) is 3.27. The van der Waals surface area contributed by atoms with Gasteiger partial charge in [-0.3, -0.25) is 5.10 Å². The molecule has 1 saturated heterocycles. The van der Waals surface area contributed by atoms with Crippen molar-refractivity contribution < 1.29 is 4.74 Å². The van der Waals surface area contributed by atoms with Gasteiger partial charge in [-0.05, 0) is 49.0 Å². The fourth-order valence-electron chi connectivity index (χ4n) is 4.13. The van der Waals surface area contributed by atoms with Crippen LogP contribution in [-0.4, -0.2) is 39.9 Å². The number of nitrogens with one attached hydrogen (secondary N) is 2. The maximum atomic E-state index is 6.09. The van der Waals surface area contributed by atoms with E-state index in [9.17, 15) is 0 Å². The van der Waals surface area contributed by atoms with E-state index in [0.29, 0.717) is 24.9 Å². The molecule has 34 heavy (non-hydrogen) atoms. The Morgan fingerprint density at radius 3 is 2.24 bits per heavy atom. The second-order valence-corrected chi connectivity index (χ2v) is 8.36. The summed E-state index contributed by atoms with van der Waals surface area (Å²) in [6.07, 6.45) is 5.73. The van der Waals surface area contributed by atoms with E-state index in [2.05, 4.69) is 39.8 Å². The summed E-state index contributed by atoms with van der Waals surface area (Å²) < 4.78 is 6.09. The monoisotopic (exact) mass is 476 g/mol. The number of rotatable bonds is 7. The van der Waals surface area contributed by atoms with Crippen LogP contribution in [0, 0.1) is 5.92 Å². The predicted octanol–water partition coefficient (Wildman–Crippen LogP) is 4.46. The first-order valence-electron chi connectivity index (χ1n) is 11.4. The number of hydrogen-bond donors (Lipinski definition) is 3. The summed E-state index contributed by atoms with van der Waals surface area (Å²) in [5.74, 6) is 1.11. The van der Waals surface area contributed by atoms with E-state index in [4.69, 9.17) is 20.4 Å². The average Bonchev–Trinajstić information content (AvgIpc) is 3.43. The van der Waals surface area contributed by atoms with E-state index in [1.54, 1.807) is 12.4 Å². The topological polar surface area (TPSA) is 102 Å².